The van der Waals surface area contributed by atoms with Gasteiger partial charge in [0.1, 0.15) is 5.82 Å². The highest BCUT2D eigenvalue weighted by Gasteiger charge is 2.45. The molecule has 3 aliphatic heterocycles. The fourth-order valence-corrected chi connectivity index (χ4v) is 6.36. The number of rotatable bonds is 6. The first-order valence-electron chi connectivity index (χ1n) is 13.6. The molecule has 38 heavy (non-hydrogen) atoms. The number of nitrogens with zero attached hydrogens (tertiary/aromatic N) is 3. The Kier molecular flexibility index (Phi) is 7.79. The number of hydrogen-bond acceptors (Lipinski definition) is 5. The van der Waals surface area contributed by atoms with Gasteiger partial charge in [-0.1, -0.05) is 31.6 Å². The number of anilines is 1. The van der Waals surface area contributed by atoms with E-state index >= 15 is 0 Å². The number of aromatic nitrogens is 1. The van der Waals surface area contributed by atoms with Gasteiger partial charge in [0.2, 0.25) is 17.7 Å². The Morgan fingerprint density at radius 3 is 2.71 bits per heavy atom. The molecule has 2 aromatic rings. The van der Waals surface area contributed by atoms with Crippen LogP contribution < -0.4 is 5.32 Å². The van der Waals surface area contributed by atoms with Gasteiger partial charge in [-0.25, -0.2) is 4.98 Å². The Labute approximate surface area is 228 Å². The van der Waals surface area contributed by atoms with E-state index in [1.54, 1.807) is 23.6 Å². The second kappa shape index (κ2) is 11.2. The summed E-state index contributed by atoms with van der Waals surface area (Å²) in [6.45, 7) is 6.68. The molecule has 5 heterocycles. The molecule has 0 radical (unpaired) electrons. The fraction of sp³-hybridized carbons (Fsp3) is 0.467. The first-order valence-corrected chi connectivity index (χ1v) is 14.4. The van der Waals surface area contributed by atoms with Crippen molar-refractivity contribution in [2.45, 2.75) is 52.4 Å². The summed E-state index contributed by atoms with van der Waals surface area (Å²) < 4.78 is 0. The van der Waals surface area contributed by atoms with Gasteiger partial charge in [0, 0.05) is 56.2 Å². The molecule has 2 aromatic heterocycles. The lowest BCUT2D eigenvalue weighted by atomic mass is 9.71. The number of amides is 3. The highest BCUT2D eigenvalue weighted by atomic mass is 32.1. The van der Waals surface area contributed by atoms with Crippen LogP contribution in [0.15, 0.2) is 47.5 Å². The van der Waals surface area contributed by atoms with Gasteiger partial charge in [0.05, 0.1) is 5.41 Å². The number of nitrogens with one attached hydrogen (secondary N) is 1. The first-order chi connectivity index (χ1) is 18.3. The smallest absolute Gasteiger partial charge is 0.246 e. The number of carbonyl (C=O) groups excluding carboxylic acids is 3. The zero-order valence-electron chi connectivity index (χ0n) is 22.2. The fourth-order valence-electron chi connectivity index (χ4n) is 5.60. The van der Waals surface area contributed by atoms with Gasteiger partial charge in [0.25, 0.3) is 0 Å². The lowest BCUT2D eigenvalue weighted by Gasteiger charge is -2.43. The minimum absolute atomic E-state index is 0.00245. The number of piperidine rings is 1. The number of pyridine rings is 1. The van der Waals surface area contributed by atoms with Gasteiger partial charge in [-0.2, -0.15) is 0 Å². The first kappa shape index (κ1) is 26.4. The molecule has 8 heteroatoms. The van der Waals surface area contributed by atoms with Crippen LogP contribution in [0, 0.1) is 11.3 Å². The average molecular weight is 533 g/mol. The van der Waals surface area contributed by atoms with Crippen molar-refractivity contribution in [3.8, 4) is 0 Å². The Balaban J connectivity index is 1.19. The highest BCUT2D eigenvalue weighted by molar-refractivity contribution is 7.09. The molecule has 0 bridgehead atoms. The summed E-state index contributed by atoms with van der Waals surface area (Å²) >= 11 is 1.77. The Morgan fingerprint density at radius 1 is 1.21 bits per heavy atom. The molecule has 0 atom stereocenters. The van der Waals surface area contributed by atoms with E-state index in [4.69, 9.17) is 0 Å². The number of fused-ring (bicyclic) bond motifs is 1. The maximum absolute atomic E-state index is 13.1. The van der Waals surface area contributed by atoms with E-state index in [9.17, 15) is 14.4 Å². The van der Waals surface area contributed by atoms with Crippen LogP contribution >= 0.6 is 11.3 Å². The third kappa shape index (κ3) is 5.90. The van der Waals surface area contributed by atoms with Crippen LogP contribution in [0.3, 0.4) is 0 Å². The van der Waals surface area contributed by atoms with Crippen molar-refractivity contribution in [2.75, 3.05) is 31.5 Å². The van der Waals surface area contributed by atoms with Crippen LogP contribution in [0.25, 0.3) is 6.08 Å². The quantitative estimate of drug-likeness (QED) is 0.432. The van der Waals surface area contributed by atoms with Gasteiger partial charge in [-0.3, -0.25) is 14.4 Å². The van der Waals surface area contributed by atoms with Gasteiger partial charge >= 0.3 is 0 Å². The minimum atomic E-state index is -0.512. The Morgan fingerprint density at radius 2 is 2.03 bits per heavy atom. The van der Waals surface area contributed by atoms with E-state index in [-0.39, 0.29) is 17.7 Å². The molecule has 0 unspecified atom stereocenters. The van der Waals surface area contributed by atoms with Crippen LogP contribution in [-0.4, -0.2) is 58.7 Å². The molecule has 1 fully saturated rings. The van der Waals surface area contributed by atoms with E-state index in [0.717, 1.165) is 30.5 Å². The van der Waals surface area contributed by atoms with Crippen LogP contribution in [0.4, 0.5) is 5.82 Å². The van der Waals surface area contributed by atoms with Crippen molar-refractivity contribution >= 4 is 41.0 Å². The van der Waals surface area contributed by atoms with Crippen molar-refractivity contribution in [3.05, 3.63) is 63.5 Å². The molecule has 0 aromatic carbocycles. The highest BCUT2D eigenvalue weighted by Crippen LogP contribution is 2.41. The second-order valence-electron chi connectivity index (χ2n) is 11.2. The molecule has 1 spiro atoms. The van der Waals surface area contributed by atoms with Crippen LogP contribution in [0.1, 0.15) is 55.5 Å². The Bertz CT molecular complexity index is 1260. The van der Waals surface area contributed by atoms with Crippen molar-refractivity contribution in [3.63, 3.8) is 0 Å². The molecule has 5 rings (SSSR count). The molecule has 200 valence electrons. The summed E-state index contributed by atoms with van der Waals surface area (Å²) in [5, 5.41) is 5.10. The SMILES string of the molecule is CC(C)CC(=O)N1CCC2(CC1)Cc1cc(C=CC(=O)N3CC=C(Cc4cccs4)CC3)cnc1NC2=O. The topological polar surface area (TPSA) is 82.6 Å². The number of likely N-dealkylation sites (tertiary alicyclic amines) is 1. The lowest BCUT2D eigenvalue weighted by Crippen LogP contribution is -2.51. The second-order valence-corrected chi connectivity index (χ2v) is 12.2. The van der Waals surface area contributed by atoms with Crippen LogP contribution in [0.5, 0.6) is 0 Å². The zero-order valence-corrected chi connectivity index (χ0v) is 23.1. The largest absolute Gasteiger partial charge is 0.343 e. The molecular weight excluding hydrogens is 496 g/mol. The maximum atomic E-state index is 13.1. The average Bonchev–Trinajstić information content (AvgIpc) is 3.41. The molecule has 3 aliphatic rings. The van der Waals surface area contributed by atoms with Crippen molar-refractivity contribution < 1.29 is 14.4 Å². The van der Waals surface area contributed by atoms with Crippen molar-refractivity contribution in [1.82, 2.24) is 14.8 Å². The van der Waals surface area contributed by atoms with E-state index in [1.165, 1.54) is 10.5 Å². The van der Waals surface area contributed by atoms with Gasteiger partial charge < -0.3 is 15.1 Å². The molecule has 1 saturated heterocycles. The lowest BCUT2D eigenvalue weighted by molar-refractivity contribution is -0.138. The summed E-state index contributed by atoms with van der Waals surface area (Å²) in [7, 11) is 0. The molecule has 0 aliphatic carbocycles. The molecular formula is C30H36N4O3S. The van der Waals surface area contributed by atoms with Crippen LogP contribution in [-0.2, 0) is 27.2 Å². The van der Waals surface area contributed by atoms with Gasteiger partial charge in [0.15, 0.2) is 0 Å². The predicted octanol–water partition coefficient (Wildman–Crippen LogP) is 4.71. The maximum Gasteiger partial charge on any atom is 0.246 e. The minimum Gasteiger partial charge on any atom is -0.343 e. The predicted molar refractivity (Wildman–Crippen MR) is 151 cm³/mol. The molecule has 0 saturated carbocycles. The summed E-state index contributed by atoms with van der Waals surface area (Å²) in [5.74, 6) is 1.10. The van der Waals surface area contributed by atoms with E-state index in [0.29, 0.717) is 57.1 Å². The number of carbonyl (C=O) groups is 3. The standard InChI is InChI=1S/C30H36N4O3S/c1-21(2)16-27(36)34-13-9-30(10-14-34)19-24-17-23(20-31-28(24)32-29(30)37)5-6-26(35)33-11-7-22(8-12-33)18-25-4-3-15-38-25/h3-7,15,17,20-21H,8-14,16,18-19H2,1-2H3,(H,31,32,37). The molecule has 7 nitrogen and oxygen atoms in total. The summed E-state index contributed by atoms with van der Waals surface area (Å²) in [6, 6.07) is 6.26. The summed E-state index contributed by atoms with van der Waals surface area (Å²) in [5.41, 5.74) is 2.72. The van der Waals surface area contributed by atoms with Crippen LogP contribution in [0.2, 0.25) is 0 Å². The summed E-state index contributed by atoms with van der Waals surface area (Å²) in [6.07, 6.45) is 11.6. The Hall–Kier alpha value is -3.26. The van der Waals surface area contributed by atoms with Gasteiger partial charge in [-0.05, 0) is 66.3 Å². The zero-order chi connectivity index (χ0) is 26.7. The van der Waals surface area contributed by atoms with Crippen molar-refractivity contribution in [2.24, 2.45) is 11.3 Å². The van der Waals surface area contributed by atoms with E-state index in [1.807, 2.05) is 35.8 Å². The van der Waals surface area contributed by atoms with Crippen molar-refractivity contribution in [1.29, 1.82) is 0 Å². The molecule has 1 N–H and O–H groups in total. The van der Waals surface area contributed by atoms with Gasteiger partial charge in [-0.15, -0.1) is 11.3 Å². The third-order valence-electron chi connectivity index (χ3n) is 7.90. The number of thiophene rings is 1. The normalized spacial score (nSPS) is 19.0. The number of hydrogen-bond donors (Lipinski definition) is 1. The molecule has 3 amide bonds. The van der Waals surface area contributed by atoms with E-state index in [2.05, 4.69) is 33.9 Å². The third-order valence-corrected chi connectivity index (χ3v) is 8.78. The summed E-state index contributed by atoms with van der Waals surface area (Å²) in [4.78, 5) is 48.0. The monoisotopic (exact) mass is 532 g/mol. The van der Waals surface area contributed by atoms with E-state index < -0.39 is 5.41 Å².